The molecule has 0 saturated carbocycles. The van der Waals surface area contributed by atoms with Gasteiger partial charge in [-0.3, -0.25) is 4.79 Å². The number of para-hydroxylation sites is 1. The van der Waals surface area contributed by atoms with E-state index >= 15 is 0 Å². The summed E-state index contributed by atoms with van der Waals surface area (Å²) in [6, 6.07) is 18.7. The van der Waals surface area contributed by atoms with E-state index in [-0.39, 0.29) is 5.91 Å². The van der Waals surface area contributed by atoms with Crippen LogP contribution >= 0.6 is 0 Å². The molecule has 5 nitrogen and oxygen atoms in total. The van der Waals surface area contributed by atoms with Gasteiger partial charge in [0.15, 0.2) is 0 Å². The second-order valence-electron chi connectivity index (χ2n) is 7.35. The number of rotatable bonds is 5. The molecule has 28 heavy (non-hydrogen) atoms. The Bertz CT molecular complexity index is 897. The number of carbonyl (C=O) groups excluding carboxylic acids is 1. The SMILES string of the molecule is O=C(c1ccc(Oc2ccccc2)cc1)N1CCC(O)(Cc2cc[nH]c2)CC1. The lowest BCUT2D eigenvalue weighted by atomic mass is 9.86. The number of aromatic amines is 1. The minimum Gasteiger partial charge on any atom is -0.457 e. The fourth-order valence-corrected chi connectivity index (χ4v) is 3.62. The van der Waals surface area contributed by atoms with Crippen molar-refractivity contribution in [1.29, 1.82) is 0 Å². The van der Waals surface area contributed by atoms with Crippen molar-refractivity contribution in [2.24, 2.45) is 0 Å². The molecule has 0 bridgehead atoms. The number of aliphatic hydroxyl groups is 1. The standard InChI is InChI=1S/C23H24N2O3/c26-22(19-6-8-21(9-7-19)28-20-4-2-1-3-5-20)25-14-11-23(27,12-15-25)16-18-10-13-24-17-18/h1-10,13,17,24,27H,11-12,14-16H2. The molecule has 0 spiro atoms. The lowest BCUT2D eigenvalue weighted by Gasteiger charge is -2.38. The van der Waals surface area contributed by atoms with E-state index in [4.69, 9.17) is 4.74 Å². The van der Waals surface area contributed by atoms with Crippen LogP contribution in [0.15, 0.2) is 73.1 Å². The molecule has 0 radical (unpaired) electrons. The molecule has 2 heterocycles. The van der Waals surface area contributed by atoms with Crippen molar-refractivity contribution in [3.8, 4) is 11.5 Å². The average molecular weight is 376 g/mol. The van der Waals surface area contributed by atoms with Crippen molar-refractivity contribution in [3.05, 3.63) is 84.2 Å². The molecule has 2 aromatic carbocycles. The topological polar surface area (TPSA) is 65.6 Å². The average Bonchev–Trinajstić information content (AvgIpc) is 3.22. The third-order valence-corrected chi connectivity index (χ3v) is 5.26. The van der Waals surface area contributed by atoms with Crippen LogP contribution in [-0.2, 0) is 6.42 Å². The molecule has 4 rings (SSSR count). The first kappa shape index (κ1) is 18.3. The third kappa shape index (κ3) is 4.26. The Morgan fingerprint density at radius 1 is 1.00 bits per heavy atom. The number of nitrogens with one attached hydrogen (secondary N) is 1. The number of hydrogen-bond donors (Lipinski definition) is 2. The van der Waals surface area contributed by atoms with Crippen molar-refractivity contribution in [2.45, 2.75) is 24.9 Å². The molecule has 0 aliphatic carbocycles. The van der Waals surface area contributed by atoms with Gasteiger partial charge in [0.05, 0.1) is 5.60 Å². The van der Waals surface area contributed by atoms with Crippen LogP contribution < -0.4 is 4.74 Å². The number of nitrogens with zero attached hydrogens (tertiary/aromatic N) is 1. The molecular weight excluding hydrogens is 352 g/mol. The van der Waals surface area contributed by atoms with Crippen LogP contribution in [0.25, 0.3) is 0 Å². The Labute approximate surface area is 164 Å². The maximum atomic E-state index is 12.8. The summed E-state index contributed by atoms with van der Waals surface area (Å²) in [6.45, 7) is 1.12. The van der Waals surface area contributed by atoms with Crippen molar-refractivity contribution >= 4 is 5.91 Å². The maximum Gasteiger partial charge on any atom is 0.253 e. The van der Waals surface area contributed by atoms with Crippen molar-refractivity contribution in [2.75, 3.05) is 13.1 Å². The first-order chi connectivity index (χ1) is 13.6. The molecule has 0 atom stereocenters. The summed E-state index contributed by atoms with van der Waals surface area (Å²) < 4.78 is 5.78. The summed E-state index contributed by atoms with van der Waals surface area (Å²) >= 11 is 0. The number of piperidine rings is 1. The van der Waals surface area contributed by atoms with Crippen molar-refractivity contribution in [3.63, 3.8) is 0 Å². The first-order valence-electron chi connectivity index (χ1n) is 9.58. The molecule has 1 aromatic heterocycles. The van der Waals surface area contributed by atoms with E-state index < -0.39 is 5.60 Å². The van der Waals surface area contributed by atoms with Gasteiger partial charge in [0.25, 0.3) is 5.91 Å². The summed E-state index contributed by atoms with van der Waals surface area (Å²) in [5.74, 6) is 1.46. The van der Waals surface area contributed by atoms with Crippen molar-refractivity contribution < 1.29 is 14.6 Å². The van der Waals surface area contributed by atoms with Gasteiger partial charge >= 0.3 is 0 Å². The van der Waals surface area contributed by atoms with E-state index in [0.29, 0.717) is 43.7 Å². The van der Waals surface area contributed by atoms with Gasteiger partial charge in [0.1, 0.15) is 11.5 Å². The highest BCUT2D eigenvalue weighted by molar-refractivity contribution is 5.94. The van der Waals surface area contributed by atoms with Gasteiger partial charge in [-0.05, 0) is 60.9 Å². The predicted molar refractivity (Wildman–Crippen MR) is 108 cm³/mol. The summed E-state index contributed by atoms with van der Waals surface area (Å²) in [6.07, 6.45) is 5.55. The van der Waals surface area contributed by atoms with Gasteiger partial charge in [-0.1, -0.05) is 18.2 Å². The predicted octanol–water partition coefficient (Wildman–Crippen LogP) is 4.02. The molecule has 2 N–H and O–H groups in total. The molecule has 1 saturated heterocycles. The lowest BCUT2D eigenvalue weighted by Crippen LogP contribution is -2.47. The molecular formula is C23H24N2O3. The third-order valence-electron chi connectivity index (χ3n) is 5.26. The van der Waals surface area contributed by atoms with Crippen LogP contribution in [0.5, 0.6) is 11.5 Å². The molecule has 1 fully saturated rings. The first-order valence-corrected chi connectivity index (χ1v) is 9.58. The van der Waals surface area contributed by atoms with Crippen LogP contribution in [0.3, 0.4) is 0 Å². The summed E-state index contributed by atoms with van der Waals surface area (Å²) in [4.78, 5) is 17.6. The van der Waals surface area contributed by atoms with Gasteiger partial charge in [-0.15, -0.1) is 0 Å². The van der Waals surface area contributed by atoms with E-state index in [1.54, 1.807) is 12.1 Å². The Balaban J connectivity index is 1.35. The second kappa shape index (κ2) is 7.90. The van der Waals surface area contributed by atoms with Crippen LogP contribution in [-0.4, -0.2) is 39.6 Å². The van der Waals surface area contributed by atoms with Crippen LogP contribution in [0.1, 0.15) is 28.8 Å². The number of amides is 1. The van der Waals surface area contributed by atoms with Crippen LogP contribution in [0.2, 0.25) is 0 Å². The monoisotopic (exact) mass is 376 g/mol. The van der Waals surface area contributed by atoms with E-state index in [9.17, 15) is 9.90 Å². The highest BCUT2D eigenvalue weighted by atomic mass is 16.5. The number of hydrogen-bond acceptors (Lipinski definition) is 3. The smallest absolute Gasteiger partial charge is 0.253 e. The Hall–Kier alpha value is -3.05. The Morgan fingerprint density at radius 2 is 1.68 bits per heavy atom. The summed E-state index contributed by atoms with van der Waals surface area (Å²) in [5, 5.41) is 10.8. The fraction of sp³-hybridized carbons (Fsp3) is 0.261. The normalized spacial score (nSPS) is 16.0. The number of carbonyl (C=O) groups is 1. The van der Waals surface area contributed by atoms with Gasteiger partial charge < -0.3 is 19.7 Å². The molecule has 1 aliphatic heterocycles. The zero-order valence-corrected chi connectivity index (χ0v) is 15.7. The molecule has 1 amide bonds. The minimum absolute atomic E-state index is 0.00467. The van der Waals surface area contributed by atoms with Gasteiger partial charge in [-0.25, -0.2) is 0 Å². The van der Waals surface area contributed by atoms with Gasteiger partial charge in [-0.2, -0.15) is 0 Å². The fourth-order valence-electron chi connectivity index (χ4n) is 3.62. The highest BCUT2D eigenvalue weighted by Gasteiger charge is 2.34. The Morgan fingerprint density at radius 3 is 2.32 bits per heavy atom. The Kier molecular flexibility index (Phi) is 5.17. The number of likely N-dealkylation sites (tertiary alicyclic amines) is 1. The molecule has 0 unspecified atom stereocenters. The summed E-state index contributed by atoms with van der Waals surface area (Å²) in [5.41, 5.74) is 0.986. The van der Waals surface area contributed by atoms with Gasteiger partial charge in [0, 0.05) is 37.5 Å². The number of ether oxygens (including phenoxy) is 1. The molecule has 1 aliphatic rings. The van der Waals surface area contributed by atoms with E-state index in [2.05, 4.69) is 4.98 Å². The van der Waals surface area contributed by atoms with Gasteiger partial charge in [0.2, 0.25) is 0 Å². The molecule has 3 aromatic rings. The van der Waals surface area contributed by atoms with Crippen LogP contribution in [0, 0.1) is 0 Å². The zero-order valence-electron chi connectivity index (χ0n) is 15.7. The number of benzene rings is 2. The zero-order chi connectivity index (χ0) is 19.4. The summed E-state index contributed by atoms with van der Waals surface area (Å²) in [7, 11) is 0. The highest BCUT2D eigenvalue weighted by Crippen LogP contribution is 2.28. The minimum atomic E-state index is -0.744. The molecule has 5 heteroatoms. The maximum absolute atomic E-state index is 12.8. The quantitative estimate of drug-likeness (QED) is 0.707. The van der Waals surface area contributed by atoms with E-state index in [1.165, 1.54) is 0 Å². The van der Waals surface area contributed by atoms with Crippen LogP contribution in [0.4, 0.5) is 0 Å². The number of H-pyrrole nitrogens is 1. The lowest BCUT2D eigenvalue weighted by molar-refractivity contribution is -0.0162. The largest absolute Gasteiger partial charge is 0.457 e. The second-order valence-corrected chi connectivity index (χ2v) is 7.35. The number of aromatic nitrogens is 1. The molecule has 144 valence electrons. The van der Waals surface area contributed by atoms with Crippen molar-refractivity contribution in [1.82, 2.24) is 9.88 Å². The van der Waals surface area contributed by atoms with E-state index in [0.717, 1.165) is 11.3 Å². The van der Waals surface area contributed by atoms with E-state index in [1.807, 2.05) is 65.8 Å².